The Morgan fingerprint density at radius 1 is 1.00 bits per heavy atom. The molecule has 1 aromatic carbocycles. The number of carbonyl (C=O) groups excluding carboxylic acids is 1. The van der Waals surface area contributed by atoms with E-state index in [1.807, 2.05) is 23.1 Å². The smallest absolute Gasteiger partial charge is 0.236 e. The molecule has 4 rings (SSSR count). The van der Waals surface area contributed by atoms with Gasteiger partial charge in [0.2, 0.25) is 5.91 Å². The van der Waals surface area contributed by atoms with Crippen LogP contribution in [0.2, 0.25) is 0 Å². The first-order chi connectivity index (χ1) is 13.3. The summed E-state index contributed by atoms with van der Waals surface area (Å²) in [6.07, 6.45) is 0. The lowest BCUT2D eigenvalue weighted by molar-refractivity contribution is -0.136. The van der Waals surface area contributed by atoms with Gasteiger partial charge in [-0.1, -0.05) is 30.3 Å². The molecule has 2 saturated heterocycles. The zero-order chi connectivity index (χ0) is 18.5. The first-order valence-electron chi connectivity index (χ1n) is 9.58. The fourth-order valence-electron chi connectivity index (χ4n) is 3.53. The Balaban J connectivity index is 1.24. The predicted octanol–water partition coefficient (Wildman–Crippen LogP) is 1.79. The van der Waals surface area contributed by atoms with Crippen LogP contribution in [0, 0.1) is 0 Å². The van der Waals surface area contributed by atoms with Gasteiger partial charge in [-0.3, -0.25) is 14.6 Å². The average Bonchev–Trinajstić information content (AvgIpc) is 3.19. The molecule has 0 saturated carbocycles. The highest BCUT2D eigenvalue weighted by atomic mass is 32.1. The highest BCUT2D eigenvalue weighted by Crippen LogP contribution is 2.22. The van der Waals surface area contributed by atoms with Crippen molar-refractivity contribution in [2.45, 2.75) is 6.54 Å². The third-order valence-corrected chi connectivity index (χ3v) is 6.00. The number of hydrogen-bond acceptors (Lipinski definition) is 6. The first-order valence-corrected chi connectivity index (χ1v) is 10.5. The minimum atomic E-state index is 0.235. The molecule has 0 bridgehead atoms. The lowest BCUT2D eigenvalue weighted by Gasteiger charge is -2.35. The van der Waals surface area contributed by atoms with Gasteiger partial charge < -0.3 is 9.64 Å². The Morgan fingerprint density at radius 3 is 2.44 bits per heavy atom. The molecule has 2 aliphatic heterocycles. The van der Waals surface area contributed by atoms with E-state index in [1.165, 1.54) is 5.56 Å². The zero-order valence-corrected chi connectivity index (χ0v) is 16.4. The molecule has 0 radical (unpaired) electrons. The van der Waals surface area contributed by atoms with Crippen molar-refractivity contribution >= 4 is 17.2 Å². The second-order valence-corrected chi connectivity index (χ2v) is 7.98. The number of rotatable bonds is 5. The average molecular weight is 387 g/mol. The number of amides is 1. The molecule has 6 nitrogen and oxygen atoms in total. The van der Waals surface area contributed by atoms with Crippen molar-refractivity contribution < 1.29 is 9.53 Å². The van der Waals surface area contributed by atoms with E-state index in [-0.39, 0.29) is 5.91 Å². The Labute approximate surface area is 164 Å². The highest BCUT2D eigenvalue weighted by molar-refractivity contribution is 7.09. The van der Waals surface area contributed by atoms with Gasteiger partial charge in [0.25, 0.3) is 0 Å². The Kier molecular flexibility index (Phi) is 6.14. The molecule has 0 N–H and O–H groups in total. The van der Waals surface area contributed by atoms with Crippen molar-refractivity contribution in [3.8, 4) is 11.3 Å². The van der Waals surface area contributed by atoms with Gasteiger partial charge in [-0.2, -0.15) is 0 Å². The van der Waals surface area contributed by atoms with E-state index in [1.54, 1.807) is 11.3 Å². The van der Waals surface area contributed by atoms with Gasteiger partial charge in [-0.15, -0.1) is 11.3 Å². The van der Waals surface area contributed by atoms with Crippen LogP contribution in [-0.4, -0.2) is 84.6 Å². The highest BCUT2D eigenvalue weighted by Gasteiger charge is 2.23. The summed E-state index contributed by atoms with van der Waals surface area (Å²) in [6, 6.07) is 10.3. The van der Waals surface area contributed by atoms with Crippen LogP contribution in [0.4, 0.5) is 0 Å². The van der Waals surface area contributed by atoms with Crippen molar-refractivity contribution in [3.05, 3.63) is 40.7 Å². The number of aromatic nitrogens is 1. The monoisotopic (exact) mass is 386 g/mol. The van der Waals surface area contributed by atoms with E-state index in [9.17, 15) is 4.79 Å². The maximum absolute atomic E-state index is 12.4. The van der Waals surface area contributed by atoms with Crippen LogP contribution in [0.5, 0.6) is 0 Å². The quantitative estimate of drug-likeness (QED) is 0.784. The van der Waals surface area contributed by atoms with Crippen LogP contribution in [0.25, 0.3) is 11.3 Å². The summed E-state index contributed by atoms with van der Waals surface area (Å²) in [6.45, 7) is 8.05. The largest absolute Gasteiger partial charge is 0.378 e. The molecular weight excluding hydrogens is 360 g/mol. The molecule has 0 unspecified atom stereocenters. The molecule has 0 aliphatic carbocycles. The van der Waals surface area contributed by atoms with E-state index >= 15 is 0 Å². The summed E-state index contributed by atoms with van der Waals surface area (Å²) in [5.74, 6) is 0.235. The fourth-order valence-corrected chi connectivity index (χ4v) is 4.37. The van der Waals surface area contributed by atoms with E-state index in [2.05, 4.69) is 27.3 Å². The summed E-state index contributed by atoms with van der Waals surface area (Å²) in [5, 5.41) is 3.30. The van der Waals surface area contributed by atoms with Crippen LogP contribution in [-0.2, 0) is 16.1 Å². The minimum Gasteiger partial charge on any atom is -0.378 e. The third kappa shape index (κ3) is 4.93. The van der Waals surface area contributed by atoms with Crippen molar-refractivity contribution in [2.24, 2.45) is 0 Å². The van der Waals surface area contributed by atoms with E-state index in [4.69, 9.17) is 9.72 Å². The van der Waals surface area contributed by atoms with Gasteiger partial charge in [0.15, 0.2) is 0 Å². The maximum Gasteiger partial charge on any atom is 0.236 e. The number of hydrogen-bond donors (Lipinski definition) is 0. The minimum absolute atomic E-state index is 0.235. The molecule has 2 aliphatic rings. The van der Waals surface area contributed by atoms with Crippen LogP contribution >= 0.6 is 11.3 Å². The van der Waals surface area contributed by atoms with Crippen molar-refractivity contribution in [1.29, 1.82) is 0 Å². The topological polar surface area (TPSA) is 48.9 Å². The molecule has 0 spiro atoms. The van der Waals surface area contributed by atoms with Crippen LogP contribution in [0.1, 0.15) is 5.01 Å². The molecule has 0 atom stereocenters. The zero-order valence-electron chi connectivity index (χ0n) is 15.5. The molecular formula is C20H26N4O2S. The van der Waals surface area contributed by atoms with Gasteiger partial charge in [0, 0.05) is 50.2 Å². The molecule has 27 heavy (non-hydrogen) atoms. The summed E-state index contributed by atoms with van der Waals surface area (Å²) in [5.41, 5.74) is 2.23. The lowest BCUT2D eigenvalue weighted by Crippen LogP contribution is -2.51. The Bertz CT molecular complexity index is 737. The molecule has 144 valence electrons. The number of morpholine rings is 1. The molecule has 1 amide bonds. The van der Waals surface area contributed by atoms with Gasteiger partial charge in [-0.05, 0) is 0 Å². The molecule has 7 heteroatoms. The van der Waals surface area contributed by atoms with Crippen molar-refractivity contribution in [3.63, 3.8) is 0 Å². The summed E-state index contributed by atoms with van der Waals surface area (Å²) < 4.78 is 5.32. The van der Waals surface area contributed by atoms with Gasteiger partial charge in [0.05, 0.1) is 32.0 Å². The number of piperazine rings is 1. The first kappa shape index (κ1) is 18.6. The maximum atomic E-state index is 12.4. The molecule has 2 aromatic rings. The van der Waals surface area contributed by atoms with Crippen LogP contribution in [0.15, 0.2) is 35.7 Å². The number of thiazole rings is 1. The summed E-state index contributed by atoms with van der Waals surface area (Å²) in [7, 11) is 0. The number of ether oxygens (including phenoxy) is 1. The van der Waals surface area contributed by atoms with Crippen molar-refractivity contribution in [1.82, 2.24) is 19.7 Å². The number of benzene rings is 1. The van der Waals surface area contributed by atoms with E-state index in [0.29, 0.717) is 19.8 Å². The lowest BCUT2D eigenvalue weighted by atomic mass is 10.2. The molecule has 1 aromatic heterocycles. The Morgan fingerprint density at radius 2 is 1.70 bits per heavy atom. The number of nitrogens with zero attached hydrogens (tertiary/aromatic N) is 4. The normalized spacial score (nSPS) is 19.3. The van der Waals surface area contributed by atoms with Crippen molar-refractivity contribution in [2.75, 3.05) is 59.0 Å². The van der Waals surface area contributed by atoms with Gasteiger partial charge >= 0.3 is 0 Å². The van der Waals surface area contributed by atoms with Crippen LogP contribution < -0.4 is 0 Å². The van der Waals surface area contributed by atoms with E-state index < -0.39 is 0 Å². The second-order valence-electron chi connectivity index (χ2n) is 7.04. The second kappa shape index (κ2) is 8.93. The van der Waals surface area contributed by atoms with Gasteiger partial charge in [0.1, 0.15) is 5.01 Å². The van der Waals surface area contributed by atoms with E-state index in [0.717, 1.165) is 56.5 Å². The van der Waals surface area contributed by atoms with Crippen LogP contribution in [0.3, 0.4) is 0 Å². The predicted molar refractivity (Wildman–Crippen MR) is 107 cm³/mol. The SMILES string of the molecule is O=C(CN1CCN(Cc2nc(-c3ccccc3)cs2)CC1)N1CCOCC1. The third-order valence-electron chi connectivity index (χ3n) is 5.17. The summed E-state index contributed by atoms with van der Waals surface area (Å²) in [4.78, 5) is 23.8. The Hall–Kier alpha value is -1.80. The molecule has 3 heterocycles. The van der Waals surface area contributed by atoms with Gasteiger partial charge in [-0.25, -0.2) is 4.98 Å². The molecule has 2 fully saturated rings. The fraction of sp³-hybridized carbons (Fsp3) is 0.500. The standard InChI is InChI=1S/C20H26N4O2S/c25-20(24-10-12-26-13-11-24)15-23-8-6-22(7-9-23)14-19-21-18(16-27-19)17-4-2-1-3-5-17/h1-5,16H,6-15H2. The summed E-state index contributed by atoms with van der Waals surface area (Å²) >= 11 is 1.73. The number of carbonyl (C=O) groups is 1.